The zero-order valence-electron chi connectivity index (χ0n) is 15.6. The Hall–Kier alpha value is -1.87. The summed E-state index contributed by atoms with van der Waals surface area (Å²) in [7, 11) is -3.53. The largest absolute Gasteiger partial charge is 0.369 e. The van der Waals surface area contributed by atoms with Crippen LogP contribution in [-0.2, 0) is 10.0 Å². The standard InChI is InChI=1S/C19H21ClN4O2S2/c1-13-10-17(22-21-13)18-12-19(14(2)27-18)28(25,26)24-8-6-23(7-9-24)16-5-3-4-15(20)11-16/h3-5,10-12H,6-9H2,1-2H3,(H,21,22). The lowest BCUT2D eigenvalue weighted by atomic mass is 10.2. The Morgan fingerprint density at radius 3 is 2.50 bits per heavy atom. The first-order valence-electron chi connectivity index (χ1n) is 8.98. The maximum Gasteiger partial charge on any atom is 0.244 e. The smallest absolute Gasteiger partial charge is 0.244 e. The highest BCUT2D eigenvalue weighted by Gasteiger charge is 2.31. The van der Waals surface area contributed by atoms with E-state index in [0.29, 0.717) is 36.1 Å². The zero-order chi connectivity index (χ0) is 19.9. The third-order valence-electron chi connectivity index (χ3n) is 4.86. The molecule has 0 amide bonds. The highest BCUT2D eigenvalue weighted by Crippen LogP contribution is 2.34. The molecule has 0 unspecified atom stereocenters. The van der Waals surface area contributed by atoms with Crippen LogP contribution in [0, 0.1) is 13.8 Å². The van der Waals surface area contributed by atoms with E-state index in [1.807, 2.05) is 44.2 Å². The molecule has 1 aliphatic rings. The Bertz CT molecular complexity index is 1100. The van der Waals surface area contributed by atoms with Crippen LogP contribution in [0.1, 0.15) is 10.6 Å². The van der Waals surface area contributed by atoms with Crippen molar-refractivity contribution in [2.75, 3.05) is 31.1 Å². The molecule has 1 fully saturated rings. The average molecular weight is 437 g/mol. The van der Waals surface area contributed by atoms with Crippen molar-refractivity contribution in [1.82, 2.24) is 14.5 Å². The second-order valence-corrected chi connectivity index (χ2v) is 10.4. The Balaban J connectivity index is 1.53. The molecule has 0 aliphatic carbocycles. The number of aromatic amines is 1. The number of anilines is 1. The minimum atomic E-state index is -3.53. The van der Waals surface area contributed by atoms with E-state index in [4.69, 9.17) is 11.6 Å². The van der Waals surface area contributed by atoms with Gasteiger partial charge in [0.05, 0.1) is 9.77 Å². The van der Waals surface area contributed by atoms with Gasteiger partial charge in [0.25, 0.3) is 0 Å². The van der Waals surface area contributed by atoms with Crippen LogP contribution < -0.4 is 4.90 Å². The maximum atomic E-state index is 13.2. The van der Waals surface area contributed by atoms with E-state index < -0.39 is 10.0 Å². The lowest BCUT2D eigenvalue weighted by Gasteiger charge is -2.35. The zero-order valence-corrected chi connectivity index (χ0v) is 18.0. The fourth-order valence-electron chi connectivity index (χ4n) is 3.39. The number of hydrogen-bond donors (Lipinski definition) is 1. The molecule has 0 atom stereocenters. The molecule has 28 heavy (non-hydrogen) atoms. The van der Waals surface area contributed by atoms with Crippen molar-refractivity contribution < 1.29 is 8.42 Å². The fraction of sp³-hybridized carbons (Fsp3) is 0.316. The Kier molecular flexibility index (Phi) is 5.22. The molecular formula is C19H21ClN4O2S2. The number of benzene rings is 1. The van der Waals surface area contributed by atoms with E-state index in [0.717, 1.165) is 26.8 Å². The van der Waals surface area contributed by atoms with Gasteiger partial charge in [-0.25, -0.2) is 8.42 Å². The first-order valence-corrected chi connectivity index (χ1v) is 11.6. The predicted molar refractivity (Wildman–Crippen MR) is 114 cm³/mol. The van der Waals surface area contributed by atoms with Crippen molar-refractivity contribution in [3.05, 3.63) is 52.0 Å². The van der Waals surface area contributed by atoms with Gasteiger partial charge in [0.2, 0.25) is 10.0 Å². The monoisotopic (exact) mass is 436 g/mol. The van der Waals surface area contributed by atoms with Crippen LogP contribution in [0.2, 0.25) is 5.02 Å². The Labute approximate surface area is 173 Å². The molecule has 3 heterocycles. The minimum Gasteiger partial charge on any atom is -0.369 e. The van der Waals surface area contributed by atoms with E-state index >= 15 is 0 Å². The normalized spacial score (nSPS) is 15.9. The molecule has 3 aromatic rings. The quantitative estimate of drug-likeness (QED) is 0.673. The number of sulfonamides is 1. The number of aryl methyl sites for hydroxylation is 2. The number of aromatic nitrogens is 2. The molecule has 1 saturated heterocycles. The molecule has 0 bridgehead atoms. The fourth-order valence-corrected chi connectivity index (χ4v) is 6.52. The molecule has 1 aromatic carbocycles. The summed E-state index contributed by atoms with van der Waals surface area (Å²) in [4.78, 5) is 4.19. The van der Waals surface area contributed by atoms with Crippen molar-refractivity contribution in [3.63, 3.8) is 0 Å². The summed E-state index contributed by atoms with van der Waals surface area (Å²) < 4.78 is 28.0. The van der Waals surface area contributed by atoms with Crippen LogP contribution in [-0.4, -0.2) is 49.1 Å². The van der Waals surface area contributed by atoms with Crippen molar-refractivity contribution in [2.45, 2.75) is 18.7 Å². The third kappa shape index (κ3) is 3.69. The average Bonchev–Trinajstić information content (AvgIpc) is 3.28. The van der Waals surface area contributed by atoms with Gasteiger partial charge < -0.3 is 4.90 Å². The van der Waals surface area contributed by atoms with Gasteiger partial charge in [0.15, 0.2) is 0 Å². The van der Waals surface area contributed by atoms with Crippen LogP contribution >= 0.6 is 22.9 Å². The van der Waals surface area contributed by atoms with Crippen LogP contribution in [0.5, 0.6) is 0 Å². The van der Waals surface area contributed by atoms with Gasteiger partial charge in [-0.1, -0.05) is 17.7 Å². The summed E-state index contributed by atoms with van der Waals surface area (Å²) in [6.07, 6.45) is 0. The summed E-state index contributed by atoms with van der Waals surface area (Å²) in [6, 6.07) is 11.3. The first-order chi connectivity index (χ1) is 13.3. The van der Waals surface area contributed by atoms with E-state index in [1.165, 1.54) is 11.3 Å². The molecule has 0 saturated carbocycles. The molecule has 0 spiro atoms. The van der Waals surface area contributed by atoms with E-state index in [2.05, 4.69) is 15.1 Å². The molecule has 148 valence electrons. The van der Waals surface area contributed by atoms with Crippen molar-refractivity contribution in [3.8, 4) is 10.6 Å². The number of halogens is 1. The van der Waals surface area contributed by atoms with Gasteiger partial charge in [0.1, 0.15) is 5.69 Å². The van der Waals surface area contributed by atoms with E-state index in [1.54, 1.807) is 10.4 Å². The van der Waals surface area contributed by atoms with E-state index in [-0.39, 0.29) is 0 Å². The number of rotatable bonds is 4. The molecule has 1 N–H and O–H groups in total. The summed E-state index contributed by atoms with van der Waals surface area (Å²) >= 11 is 7.54. The Morgan fingerprint density at radius 2 is 1.86 bits per heavy atom. The van der Waals surface area contributed by atoms with Crippen molar-refractivity contribution in [2.24, 2.45) is 0 Å². The number of nitrogens with one attached hydrogen (secondary N) is 1. The van der Waals surface area contributed by atoms with Crippen LogP contribution in [0.25, 0.3) is 10.6 Å². The van der Waals surface area contributed by atoms with Crippen LogP contribution in [0.4, 0.5) is 5.69 Å². The SMILES string of the molecule is Cc1cc(-c2cc(S(=O)(=O)N3CCN(c4cccc(Cl)c4)CC3)c(C)s2)n[nH]1. The molecular weight excluding hydrogens is 416 g/mol. The highest BCUT2D eigenvalue weighted by molar-refractivity contribution is 7.89. The molecule has 4 rings (SSSR count). The molecule has 2 aromatic heterocycles. The highest BCUT2D eigenvalue weighted by atomic mass is 35.5. The number of thiophene rings is 1. The van der Waals surface area contributed by atoms with Gasteiger partial charge >= 0.3 is 0 Å². The van der Waals surface area contributed by atoms with E-state index in [9.17, 15) is 8.42 Å². The van der Waals surface area contributed by atoms with Crippen molar-refractivity contribution >= 4 is 38.6 Å². The molecule has 6 nitrogen and oxygen atoms in total. The maximum absolute atomic E-state index is 13.2. The van der Waals surface area contributed by atoms with Gasteiger partial charge in [-0.05, 0) is 44.2 Å². The summed E-state index contributed by atoms with van der Waals surface area (Å²) in [5.41, 5.74) is 2.74. The second kappa shape index (κ2) is 7.51. The predicted octanol–water partition coefficient (Wildman–Crippen LogP) is 3.92. The molecule has 1 aliphatic heterocycles. The second-order valence-electron chi connectivity index (χ2n) is 6.84. The van der Waals surface area contributed by atoms with Crippen LogP contribution in [0.15, 0.2) is 41.3 Å². The topological polar surface area (TPSA) is 69.3 Å². The number of H-pyrrole nitrogens is 1. The van der Waals surface area contributed by atoms with Crippen molar-refractivity contribution in [1.29, 1.82) is 0 Å². The molecule has 9 heteroatoms. The molecule has 0 radical (unpaired) electrons. The Morgan fingerprint density at radius 1 is 1.11 bits per heavy atom. The summed E-state index contributed by atoms with van der Waals surface area (Å²) in [5, 5.41) is 7.83. The number of nitrogens with zero attached hydrogens (tertiary/aromatic N) is 3. The van der Waals surface area contributed by atoms with Gasteiger partial charge in [-0.15, -0.1) is 11.3 Å². The number of piperazine rings is 1. The summed E-state index contributed by atoms with van der Waals surface area (Å²) in [5.74, 6) is 0. The van der Waals surface area contributed by atoms with Gasteiger partial charge in [-0.3, -0.25) is 5.10 Å². The van der Waals surface area contributed by atoms with Gasteiger partial charge in [0, 0.05) is 47.5 Å². The lowest BCUT2D eigenvalue weighted by Crippen LogP contribution is -2.48. The van der Waals surface area contributed by atoms with Gasteiger partial charge in [-0.2, -0.15) is 9.40 Å². The lowest BCUT2D eigenvalue weighted by molar-refractivity contribution is 0.385. The van der Waals surface area contributed by atoms with Crippen LogP contribution in [0.3, 0.4) is 0 Å². The third-order valence-corrected chi connectivity index (χ3v) is 8.32. The summed E-state index contributed by atoms with van der Waals surface area (Å²) in [6.45, 7) is 5.93. The first kappa shape index (κ1) is 19.4. The number of hydrogen-bond acceptors (Lipinski definition) is 5. The minimum absolute atomic E-state index is 0.379.